The van der Waals surface area contributed by atoms with Crippen LogP contribution in [0.2, 0.25) is 0 Å². The smallest absolute Gasteiger partial charge is 0.264 e. The quantitative estimate of drug-likeness (QED) is 0.529. The lowest BCUT2D eigenvalue weighted by molar-refractivity contribution is -0.127. The van der Waals surface area contributed by atoms with Gasteiger partial charge in [-0.3, -0.25) is 14.0 Å². The van der Waals surface area contributed by atoms with Crippen molar-refractivity contribution in [3.63, 3.8) is 0 Å². The molecule has 0 aliphatic carbocycles. The van der Waals surface area contributed by atoms with E-state index < -0.39 is 16.1 Å². The van der Waals surface area contributed by atoms with Crippen molar-refractivity contribution in [2.24, 2.45) is 0 Å². The molecule has 2 heterocycles. The molecule has 1 atom stereocenters. The van der Waals surface area contributed by atoms with Gasteiger partial charge in [0.05, 0.1) is 30.3 Å². The Bertz CT molecular complexity index is 1310. The SMILES string of the molecule is O=C(NCc1cccc(CN2CCOCC2)c1)[C@H]1CN(S(=O)(=O)c2ccccc2)c2ccccc2O1. The number of nitrogens with zero attached hydrogens (tertiary/aromatic N) is 2. The molecule has 0 aromatic heterocycles. The summed E-state index contributed by atoms with van der Waals surface area (Å²) in [4.78, 5) is 15.6. The number of amides is 1. The van der Waals surface area contributed by atoms with Crippen molar-refractivity contribution >= 4 is 21.6 Å². The molecule has 0 radical (unpaired) electrons. The van der Waals surface area contributed by atoms with Gasteiger partial charge in [0, 0.05) is 26.2 Å². The summed E-state index contributed by atoms with van der Waals surface area (Å²) >= 11 is 0. The van der Waals surface area contributed by atoms with Crippen molar-refractivity contribution in [3.8, 4) is 5.75 Å². The lowest BCUT2D eigenvalue weighted by Crippen LogP contribution is -2.50. The Hall–Kier alpha value is -3.40. The molecular formula is C27H29N3O5S. The van der Waals surface area contributed by atoms with Crippen LogP contribution in [0.1, 0.15) is 11.1 Å². The summed E-state index contributed by atoms with van der Waals surface area (Å²) in [6, 6.07) is 23.2. The molecule has 0 saturated carbocycles. The molecular weight excluding hydrogens is 478 g/mol. The molecule has 1 fully saturated rings. The normalized spacial score (nSPS) is 18.2. The molecule has 2 aliphatic heterocycles. The van der Waals surface area contributed by atoms with Crippen LogP contribution in [-0.2, 0) is 32.6 Å². The van der Waals surface area contributed by atoms with E-state index in [9.17, 15) is 13.2 Å². The first-order valence-corrected chi connectivity index (χ1v) is 13.4. The fraction of sp³-hybridized carbons (Fsp3) is 0.296. The molecule has 1 N–H and O–H groups in total. The van der Waals surface area contributed by atoms with Gasteiger partial charge >= 0.3 is 0 Å². The second kappa shape index (κ2) is 10.7. The summed E-state index contributed by atoms with van der Waals surface area (Å²) in [6.07, 6.45) is -0.977. The van der Waals surface area contributed by atoms with Gasteiger partial charge in [-0.05, 0) is 35.4 Å². The van der Waals surface area contributed by atoms with Crippen molar-refractivity contribution < 1.29 is 22.7 Å². The van der Waals surface area contributed by atoms with Crippen molar-refractivity contribution in [2.45, 2.75) is 24.1 Å². The lowest BCUT2D eigenvalue weighted by atomic mass is 10.1. The first-order valence-electron chi connectivity index (χ1n) is 12.0. The van der Waals surface area contributed by atoms with Crippen LogP contribution < -0.4 is 14.4 Å². The molecule has 0 bridgehead atoms. The molecule has 0 spiro atoms. The van der Waals surface area contributed by atoms with E-state index in [0.717, 1.165) is 38.4 Å². The van der Waals surface area contributed by atoms with Crippen LogP contribution in [0.3, 0.4) is 0 Å². The van der Waals surface area contributed by atoms with Gasteiger partial charge in [-0.2, -0.15) is 0 Å². The Morgan fingerprint density at radius 1 is 0.917 bits per heavy atom. The van der Waals surface area contributed by atoms with Crippen LogP contribution in [0, 0.1) is 0 Å². The number of benzene rings is 3. The van der Waals surface area contributed by atoms with Crippen LogP contribution in [0.5, 0.6) is 5.75 Å². The molecule has 0 unspecified atom stereocenters. The maximum Gasteiger partial charge on any atom is 0.264 e. The second-order valence-corrected chi connectivity index (χ2v) is 10.7. The highest BCUT2D eigenvalue weighted by molar-refractivity contribution is 7.92. The zero-order chi connectivity index (χ0) is 25.0. The number of nitrogens with one attached hydrogen (secondary N) is 1. The highest BCUT2D eigenvalue weighted by atomic mass is 32.2. The number of sulfonamides is 1. The van der Waals surface area contributed by atoms with Crippen LogP contribution >= 0.6 is 0 Å². The third kappa shape index (κ3) is 5.38. The van der Waals surface area contributed by atoms with E-state index >= 15 is 0 Å². The number of anilines is 1. The van der Waals surface area contributed by atoms with Crippen molar-refractivity contribution in [3.05, 3.63) is 90.0 Å². The highest BCUT2D eigenvalue weighted by Gasteiger charge is 2.37. The molecule has 8 nitrogen and oxygen atoms in total. The monoisotopic (exact) mass is 507 g/mol. The average Bonchev–Trinajstić information content (AvgIpc) is 2.92. The Morgan fingerprint density at radius 2 is 1.64 bits per heavy atom. The number of rotatable bonds is 7. The van der Waals surface area contributed by atoms with Gasteiger partial charge < -0.3 is 14.8 Å². The van der Waals surface area contributed by atoms with Gasteiger partial charge in [-0.1, -0.05) is 54.6 Å². The van der Waals surface area contributed by atoms with E-state index in [1.165, 1.54) is 9.87 Å². The minimum Gasteiger partial charge on any atom is -0.476 e. The minimum absolute atomic E-state index is 0.114. The van der Waals surface area contributed by atoms with Crippen LogP contribution in [0.15, 0.2) is 83.8 Å². The standard InChI is InChI=1S/C27H29N3O5S/c31-27(28-18-21-7-6-8-22(17-21)19-29-13-15-34-16-14-29)26-20-30(24-11-4-5-12-25(24)35-26)36(32,33)23-9-2-1-3-10-23/h1-12,17,26H,13-16,18-20H2,(H,28,31)/t26-/m1/s1. The van der Waals surface area contributed by atoms with E-state index in [4.69, 9.17) is 9.47 Å². The molecule has 3 aromatic rings. The first kappa shape index (κ1) is 24.3. The summed E-state index contributed by atoms with van der Waals surface area (Å²) in [7, 11) is -3.87. The van der Waals surface area contributed by atoms with Gasteiger partial charge in [-0.15, -0.1) is 0 Å². The maximum atomic E-state index is 13.4. The van der Waals surface area contributed by atoms with Crippen molar-refractivity contribution in [1.82, 2.24) is 10.2 Å². The molecule has 36 heavy (non-hydrogen) atoms. The predicted octanol–water partition coefficient (Wildman–Crippen LogP) is 2.79. The third-order valence-corrected chi connectivity index (χ3v) is 8.12. The zero-order valence-corrected chi connectivity index (χ0v) is 20.7. The van der Waals surface area contributed by atoms with Gasteiger partial charge in [-0.25, -0.2) is 8.42 Å². The summed E-state index contributed by atoms with van der Waals surface area (Å²) in [6.45, 7) is 4.35. The first-order chi connectivity index (χ1) is 17.5. The lowest BCUT2D eigenvalue weighted by Gasteiger charge is -2.34. The molecule has 1 amide bonds. The van der Waals surface area contributed by atoms with Crippen LogP contribution in [0.25, 0.3) is 0 Å². The Labute approximate surface area is 211 Å². The number of morpholine rings is 1. The highest BCUT2D eigenvalue weighted by Crippen LogP contribution is 2.36. The van der Waals surface area contributed by atoms with Gasteiger partial charge in [0.2, 0.25) is 0 Å². The molecule has 2 aliphatic rings. The van der Waals surface area contributed by atoms with Crippen molar-refractivity contribution in [2.75, 3.05) is 37.2 Å². The van der Waals surface area contributed by atoms with Gasteiger partial charge in [0.1, 0.15) is 5.75 Å². The topological polar surface area (TPSA) is 88.2 Å². The fourth-order valence-electron chi connectivity index (χ4n) is 4.44. The number of hydrogen-bond donors (Lipinski definition) is 1. The van der Waals surface area contributed by atoms with Gasteiger partial charge in [0.25, 0.3) is 15.9 Å². The van der Waals surface area contributed by atoms with E-state index in [2.05, 4.69) is 22.3 Å². The Kier molecular flexibility index (Phi) is 7.22. The van der Waals surface area contributed by atoms with Crippen LogP contribution in [-0.4, -0.2) is 58.2 Å². The van der Waals surface area contributed by atoms with Gasteiger partial charge in [0.15, 0.2) is 6.10 Å². The summed E-state index contributed by atoms with van der Waals surface area (Å²) in [5, 5.41) is 2.92. The number of carbonyl (C=O) groups is 1. The molecule has 9 heteroatoms. The number of ether oxygens (including phenoxy) is 2. The summed E-state index contributed by atoms with van der Waals surface area (Å²) < 4.78 is 39.5. The third-order valence-electron chi connectivity index (χ3n) is 6.33. The molecule has 5 rings (SSSR count). The second-order valence-electron chi connectivity index (χ2n) is 8.85. The van der Waals surface area contributed by atoms with Crippen molar-refractivity contribution in [1.29, 1.82) is 0 Å². The molecule has 1 saturated heterocycles. The average molecular weight is 508 g/mol. The fourth-order valence-corrected chi connectivity index (χ4v) is 5.94. The zero-order valence-electron chi connectivity index (χ0n) is 19.9. The van der Waals surface area contributed by atoms with E-state index in [1.54, 1.807) is 54.6 Å². The summed E-state index contributed by atoms with van der Waals surface area (Å²) in [5.74, 6) is -0.00717. The minimum atomic E-state index is -3.87. The predicted molar refractivity (Wildman–Crippen MR) is 136 cm³/mol. The number of para-hydroxylation sites is 2. The maximum absolute atomic E-state index is 13.4. The van der Waals surface area contributed by atoms with E-state index in [0.29, 0.717) is 18.0 Å². The number of hydrogen-bond acceptors (Lipinski definition) is 6. The number of carbonyl (C=O) groups excluding carboxylic acids is 1. The Morgan fingerprint density at radius 3 is 2.44 bits per heavy atom. The van der Waals surface area contributed by atoms with E-state index in [1.807, 2.05) is 12.1 Å². The largest absolute Gasteiger partial charge is 0.476 e. The number of fused-ring (bicyclic) bond motifs is 1. The summed E-state index contributed by atoms with van der Waals surface area (Å²) in [5.41, 5.74) is 2.56. The molecule has 188 valence electrons. The van der Waals surface area contributed by atoms with E-state index in [-0.39, 0.29) is 17.3 Å². The Balaban J connectivity index is 1.28. The molecule has 3 aromatic carbocycles. The van der Waals surface area contributed by atoms with Crippen LogP contribution in [0.4, 0.5) is 5.69 Å².